The quantitative estimate of drug-likeness (QED) is 0.156. The first-order valence-corrected chi connectivity index (χ1v) is 26.4. The normalized spacial score (nSPS) is 12.2. The minimum atomic E-state index is 1.15. The molecule has 0 saturated carbocycles. The highest BCUT2D eigenvalue weighted by Crippen LogP contribution is 2.51. The van der Waals surface area contributed by atoms with Gasteiger partial charge in [0.15, 0.2) is 0 Å². The molecule has 15 aromatic carbocycles. The molecule has 2 heterocycles. The average molecular weight is 961 g/mol. The predicted molar refractivity (Wildman–Crippen MR) is 326 cm³/mol. The minimum absolute atomic E-state index is 1.15. The Labute approximate surface area is 437 Å². The summed E-state index contributed by atoms with van der Waals surface area (Å²) in [6.45, 7) is 0. The van der Waals surface area contributed by atoms with Crippen LogP contribution in [0.5, 0.6) is 0 Å². The van der Waals surface area contributed by atoms with Gasteiger partial charge in [-0.25, -0.2) is 0 Å². The van der Waals surface area contributed by atoms with Gasteiger partial charge in [0.25, 0.3) is 0 Å². The van der Waals surface area contributed by atoms with Crippen molar-refractivity contribution in [3.63, 3.8) is 0 Å². The maximum Gasteiger partial charge on any atom is 0.0626 e. The summed E-state index contributed by atoms with van der Waals surface area (Å²) < 4.78 is 5.06. The second-order valence-corrected chi connectivity index (χ2v) is 20.6. The Hall–Kier alpha value is -10.0. The maximum absolute atomic E-state index is 2.57. The molecule has 350 valence electrons. The third-order valence-corrected chi connectivity index (χ3v) is 16.8. The summed E-state index contributed by atoms with van der Waals surface area (Å²) in [6, 6.07) is 99.6. The van der Waals surface area contributed by atoms with E-state index in [-0.39, 0.29) is 0 Å². The summed E-state index contributed by atoms with van der Waals surface area (Å²) >= 11 is 0. The zero-order chi connectivity index (χ0) is 49.6. The number of aromatic nitrogens is 2. The van der Waals surface area contributed by atoms with Crippen LogP contribution in [0.4, 0.5) is 0 Å². The van der Waals surface area contributed by atoms with Gasteiger partial charge in [0.05, 0.1) is 27.8 Å². The lowest BCUT2D eigenvalue weighted by atomic mass is 9.87. The molecule has 17 aromatic rings. The Balaban J connectivity index is 0.970. The van der Waals surface area contributed by atoms with Crippen LogP contribution < -0.4 is 0 Å². The monoisotopic (exact) mass is 960 g/mol. The van der Waals surface area contributed by atoms with Gasteiger partial charge < -0.3 is 9.13 Å². The second-order valence-electron chi connectivity index (χ2n) is 20.6. The van der Waals surface area contributed by atoms with E-state index >= 15 is 0 Å². The van der Waals surface area contributed by atoms with Gasteiger partial charge in [0.1, 0.15) is 0 Å². The number of hydrogen-bond donors (Lipinski definition) is 0. The second kappa shape index (κ2) is 15.7. The maximum atomic E-state index is 2.57. The molecule has 0 bridgehead atoms. The van der Waals surface area contributed by atoms with Crippen molar-refractivity contribution >= 4 is 130 Å². The molecule has 0 saturated heterocycles. The fraction of sp³-hybridized carbons (Fsp3) is 0. The summed E-state index contributed by atoms with van der Waals surface area (Å²) in [5.74, 6) is 0. The Morgan fingerprint density at radius 2 is 0.566 bits per heavy atom. The summed E-state index contributed by atoms with van der Waals surface area (Å²) in [6.07, 6.45) is 0. The van der Waals surface area contributed by atoms with Crippen molar-refractivity contribution in [1.82, 2.24) is 9.13 Å². The van der Waals surface area contributed by atoms with Crippen LogP contribution in [0.1, 0.15) is 0 Å². The SMILES string of the molecule is c1ccc(-c2cc(-c3ccc4c(c3)c3ccccc3c3c5ccccc5c5c(c6ccccc6n5-c5ccccc5)c43)ccc2-n2c3ccccc3c3c4c5ccccc5c5ccccc5c4c4ccccc4c32)cc1. The lowest BCUT2D eigenvalue weighted by molar-refractivity contribution is 1.19. The molecule has 0 amide bonds. The molecular weight excluding hydrogens is 917 g/mol. The minimum Gasteiger partial charge on any atom is -0.309 e. The fourth-order valence-electron chi connectivity index (χ4n) is 13.8. The van der Waals surface area contributed by atoms with E-state index in [0.717, 1.165) is 11.4 Å². The van der Waals surface area contributed by atoms with Gasteiger partial charge in [-0.2, -0.15) is 0 Å². The molecule has 0 fully saturated rings. The standard InChI is InChI=1S/C74H44N2/c1-3-21-45(22-4-1)62-43-47(40-42-66(62)76-65-38-20-18-36-61(65)72-69-54-30-12-8-26-50(54)49-25-7-10-28-52(49)67(69)56-32-14-16-34-59(56)74(72)76)46-39-41-57-63(44-46)51-27-9-11-29-53(51)68-55-31-13-15-33-58(55)73-71(70(57)68)60-35-17-19-37-64(60)75(73)48-23-5-2-6-24-48/h1-44H. The molecule has 0 spiro atoms. The Bertz CT molecular complexity index is 5330. The molecule has 2 aromatic heterocycles. The van der Waals surface area contributed by atoms with Gasteiger partial charge >= 0.3 is 0 Å². The van der Waals surface area contributed by atoms with Crippen molar-refractivity contribution in [2.24, 2.45) is 0 Å². The Kier molecular flexibility index (Phi) is 8.59. The van der Waals surface area contributed by atoms with Crippen molar-refractivity contribution in [3.8, 4) is 33.6 Å². The highest BCUT2D eigenvalue weighted by Gasteiger charge is 2.26. The molecular formula is C74H44N2. The molecule has 17 rings (SSSR count). The van der Waals surface area contributed by atoms with E-state index in [1.165, 1.54) is 152 Å². The van der Waals surface area contributed by atoms with Crippen molar-refractivity contribution < 1.29 is 0 Å². The van der Waals surface area contributed by atoms with Gasteiger partial charge in [-0.15, -0.1) is 0 Å². The first-order chi connectivity index (χ1) is 37.8. The van der Waals surface area contributed by atoms with E-state index in [1.54, 1.807) is 0 Å². The number of benzene rings is 15. The number of fused-ring (bicyclic) bond motifs is 26. The molecule has 76 heavy (non-hydrogen) atoms. The van der Waals surface area contributed by atoms with Gasteiger partial charge in [-0.3, -0.25) is 0 Å². The molecule has 0 radical (unpaired) electrons. The zero-order valence-corrected chi connectivity index (χ0v) is 41.3. The van der Waals surface area contributed by atoms with Crippen LogP contribution >= 0.6 is 0 Å². The molecule has 0 aliphatic carbocycles. The van der Waals surface area contributed by atoms with E-state index in [2.05, 4.69) is 276 Å². The third kappa shape index (κ3) is 5.59. The predicted octanol–water partition coefficient (Wildman–Crippen LogP) is 20.4. The van der Waals surface area contributed by atoms with Crippen LogP contribution in [0, 0.1) is 0 Å². The molecule has 0 aliphatic rings. The van der Waals surface area contributed by atoms with Crippen molar-refractivity contribution in [1.29, 1.82) is 0 Å². The smallest absolute Gasteiger partial charge is 0.0626 e. The molecule has 0 atom stereocenters. The summed E-state index contributed by atoms with van der Waals surface area (Å²) in [5.41, 5.74) is 11.9. The number of hydrogen-bond acceptors (Lipinski definition) is 0. The van der Waals surface area contributed by atoms with Crippen LogP contribution in [0.15, 0.2) is 267 Å². The van der Waals surface area contributed by atoms with Crippen LogP contribution in [0.3, 0.4) is 0 Å². The molecule has 0 aliphatic heterocycles. The Morgan fingerprint density at radius 1 is 0.197 bits per heavy atom. The first-order valence-electron chi connectivity index (χ1n) is 26.4. The summed E-state index contributed by atoms with van der Waals surface area (Å²) in [7, 11) is 0. The van der Waals surface area contributed by atoms with Crippen LogP contribution in [0.25, 0.3) is 163 Å². The fourth-order valence-corrected chi connectivity index (χ4v) is 13.8. The topological polar surface area (TPSA) is 9.86 Å². The molecule has 0 N–H and O–H groups in total. The van der Waals surface area contributed by atoms with Gasteiger partial charge in [-0.1, -0.05) is 224 Å². The van der Waals surface area contributed by atoms with E-state index in [1.807, 2.05) is 0 Å². The highest BCUT2D eigenvalue weighted by atomic mass is 15.0. The van der Waals surface area contributed by atoms with Gasteiger partial charge in [0.2, 0.25) is 0 Å². The zero-order valence-electron chi connectivity index (χ0n) is 41.3. The van der Waals surface area contributed by atoms with Crippen LogP contribution in [-0.2, 0) is 0 Å². The molecule has 2 nitrogen and oxygen atoms in total. The average Bonchev–Trinajstić information content (AvgIpc) is 4.24. The molecule has 0 unspecified atom stereocenters. The van der Waals surface area contributed by atoms with Crippen LogP contribution in [0.2, 0.25) is 0 Å². The summed E-state index contributed by atoms with van der Waals surface area (Å²) in [4.78, 5) is 0. The lowest BCUT2D eigenvalue weighted by Crippen LogP contribution is -1.99. The number of para-hydroxylation sites is 3. The van der Waals surface area contributed by atoms with Crippen molar-refractivity contribution in [2.45, 2.75) is 0 Å². The molecule has 2 heteroatoms. The van der Waals surface area contributed by atoms with Gasteiger partial charge in [0, 0.05) is 54.3 Å². The largest absolute Gasteiger partial charge is 0.309 e. The van der Waals surface area contributed by atoms with Gasteiger partial charge in [-0.05, 0) is 124 Å². The number of nitrogens with zero attached hydrogens (tertiary/aromatic N) is 2. The van der Waals surface area contributed by atoms with Crippen molar-refractivity contribution in [3.05, 3.63) is 267 Å². The number of rotatable bonds is 4. The lowest BCUT2D eigenvalue weighted by Gasteiger charge is -2.19. The van der Waals surface area contributed by atoms with Crippen LogP contribution in [-0.4, -0.2) is 9.13 Å². The highest BCUT2D eigenvalue weighted by molar-refractivity contribution is 6.44. The van der Waals surface area contributed by atoms with Crippen molar-refractivity contribution in [2.75, 3.05) is 0 Å². The van der Waals surface area contributed by atoms with E-state index in [4.69, 9.17) is 0 Å². The van der Waals surface area contributed by atoms with E-state index < -0.39 is 0 Å². The third-order valence-electron chi connectivity index (χ3n) is 16.8. The van der Waals surface area contributed by atoms with E-state index in [0.29, 0.717) is 0 Å². The Morgan fingerprint density at radius 3 is 1.12 bits per heavy atom. The first kappa shape index (κ1) is 41.5. The summed E-state index contributed by atoms with van der Waals surface area (Å²) in [5, 5.41) is 25.5. The van der Waals surface area contributed by atoms with E-state index in [9.17, 15) is 0 Å².